The molecule has 3 unspecified atom stereocenters. The first-order chi connectivity index (χ1) is 32.1. The second kappa shape index (κ2) is 22.5. The molecule has 0 spiro atoms. The van der Waals surface area contributed by atoms with Gasteiger partial charge >= 0.3 is 0 Å². The molecule has 3 aliphatic heterocycles. The van der Waals surface area contributed by atoms with Crippen LogP contribution in [0.25, 0.3) is 0 Å². The molecule has 338 valence electrons. The Morgan fingerprint density at radius 3 is 1.39 bits per heavy atom. The van der Waals surface area contributed by atoms with Gasteiger partial charge in [0.2, 0.25) is 0 Å². The highest BCUT2D eigenvalue weighted by Crippen LogP contribution is 2.38. The van der Waals surface area contributed by atoms with Gasteiger partial charge in [-0.3, -0.25) is 4.79 Å². The van der Waals surface area contributed by atoms with Gasteiger partial charge < -0.3 is 24.5 Å². The first kappa shape index (κ1) is 47.3. The molecule has 0 aromatic heterocycles. The fraction of sp³-hybridized carbons (Fsp3) is 0.214. The summed E-state index contributed by atoms with van der Waals surface area (Å²) in [7, 11) is 0. The number of aldehydes is 1. The molecule has 3 atom stereocenters. The van der Waals surface area contributed by atoms with E-state index in [1.807, 2.05) is 48.5 Å². The van der Waals surface area contributed by atoms with Crippen molar-refractivity contribution in [1.29, 1.82) is 0 Å². The number of fused-ring (bicyclic) bond motifs is 3. The maximum atomic E-state index is 12.9. The van der Waals surface area contributed by atoms with E-state index in [4.69, 9.17) is 24.5 Å². The fourth-order valence-corrected chi connectivity index (χ4v) is 8.23. The highest BCUT2D eigenvalue weighted by Gasteiger charge is 2.27. The van der Waals surface area contributed by atoms with E-state index in [2.05, 4.69) is 44.1 Å². The van der Waals surface area contributed by atoms with Crippen LogP contribution in [0.1, 0.15) is 120 Å². The van der Waals surface area contributed by atoms with Crippen LogP contribution in [0, 0.1) is 24.4 Å². The van der Waals surface area contributed by atoms with Gasteiger partial charge in [0.1, 0.15) is 42.0 Å². The number of aliphatic hydroxyl groups is 1. The maximum absolute atomic E-state index is 12.9. The van der Waals surface area contributed by atoms with Gasteiger partial charge in [-0.25, -0.2) is 13.2 Å². The van der Waals surface area contributed by atoms with Gasteiger partial charge in [-0.15, -0.1) is 0 Å². The molecule has 7 aromatic carbocycles. The van der Waals surface area contributed by atoms with Crippen molar-refractivity contribution in [3.8, 4) is 0 Å². The molecule has 10 heteroatoms. The van der Waals surface area contributed by atoms with Crippen LogP contribution < -0.4 is 0 Å². The van der Waals surface area contributed by atoms with Gasteiger partial charge in [-0.1, -0.05) is 116 Å². The van der Waals surface area contributed by atoms with Crippen molar-refractivity contribution in [2.45, 2.75) is 78.4 Å². The summed E-state index contributed by atoms with van der Waals surface area (Å²) >= 11 is 0. The van der Waals surface area contributed by atoms with Crippen LogP contribution in [0.3, 0.4) is 0 Å². The standard InChI is InChI=1S/C15H12FNO2.C15H13FO2.C15H11FO2.C11H16/c16-13-4-2-11(3-5-13)15-14-6-1-10(8-17-18)7-12(14)9-19-15;2*16-13-4-2-11(3-5-13)15-14-6-1-10(8-17)7-12(14)9-18-15;1-4-10-7-6-9(3)11(5-2)8-10/h1-8,15,18H,9H2;1-7,15,17H,8-9H2;1-8,15H,9H2;6-8H,4-5H2,1-3H3/b17-8+;;;. The van der Waals surface area contributed by atoms with Crippen LogP contribution in [-0.2, 0) is 53.5 Å². The van der Waals surface area contributed by atoms with Gasteiger partial charge in [0.05, 0.1) is 32.6 Å². The van der Waals surface area contributed by atoms with Gasteiger partial charge in [-0.05, 0) is 146 Å². The summed E-state index contributed by atoms with van der Waals surface area (Å²) in [5, 5.41) is 20.6. The van der Waals surface area contributed by atoms with Crippen molar-refractivity contribution >= 4 is 12.5 Å². The zero-order valence-corrected chi connectivity index (χ0v) is 37.1. The third kappa shape index (κ3) is 11.6. The molecule has 3 aliphatic rings. The molecule has 2 N–H and O–H groups in total. The Bertz CT molecular complexity index is 2760. The Morgan fingerprint density at radius 2 is 0.970 bits per heavy atom. The number of nitrogens with zero attached hydrogens (tertiary/aromatic N) is 1. The zero-order valence-electron chi connectivity index (χ0n) is 37.1. The number of hydrogen-bond donors (Lipinski definition) is 2. The first-order valence-corrected chi connectivity index (χ1v) is 21.9. The second-order valence-corrected chi connectivity index (χ2v) is 16.2. The highest BCUT2D eigenvalue weighted by molar-refractivity contribution is 5.79. The maximum Gasteiger partial charge on any atom is 0.150 e. The number of aryl methyl sites for hydroxylation is 3. The number of carbonyl (C=O) groups excluding carboxylic acids is 1. The van der Waals surface area contributed by atoms with E-state index < -0.39 is 0 Å². The summed E-state index contributed by atoms with van der Waals surface area (Å²) in [4.78, 5) is 10.7. The lowest BCUT2D eigenvalue weighted by Gasteiger charge is -2.11. The largest absolute Gasteiger partial charge is 0.411 e. The number of ether oxygens (including phenoxy) is 3. The summed E-state index contributed by atoms with van der Waals surface area (Å²) in [6, 6.07) is 42.9. The number of hydrogen-bond acceptors (Lipinski definition) is 7. The molecule has 0 aliphatic carbocycles. The molecular weight excluding hydrogens is 840 g/mol. The summed E-state index contributed by atoms with van der Waals surface area (Å²) < 4.78 is 55.9. The van der Waals surface area contributed by atoms with E-state index in [1.165, 1.54) is 59.3 Å². The van der Waals surface area contributed by atoms with Crippen molar-refractivity contribution in [1.82, 2.24) is 0 Å². The number of carbonyl (C=O) groups is 1. The Morgan fingerprint density at radius 1 is 0.545 bits per heavy atom. The summed E-state index contributed by atoms with van der Waals surface area (Å²) in [6.07, 6.45) is 4.05. The molecule has 0 amide bonds. The van der Waals surface area contributed by atoms with Crippen molar-refractivity contribution < 1.29 is 42.5 Å². The minimum atomic E-state index is -0.256. The minimum Gasteiger partial charge on any atom is -0.411 e. The highest BCUT2D eigenvalue weighted by atomic mass is 19.1. The molecule has 0 saturated carbocycles. The van der Waals surface area contributed by atoms with Crippen LogP contribution in [-0.4, -0.2) is 22.8 Å². The average Bonchev–Trinajstić information content (AvgIpc) is 4.10. The number of benzene rings is 7. The van der Waals surface area contributed by atoms with Gasteiger partial charge in [0.25, 0.3) is 0 Å². The number of aliphatic hydroxyl groups excluding tert-OH is 1. The molecule has 66 heavy (non-hydrogen) atoms. The van der Waals surface area contributed by atoms with Crippen LogP contribution in [0.2, 0.25) is 0 Å². The van der Waals surface area contributed by atoms with E-state index in [9.17, 15) is 18.0 Å². The van der Waals surface area contributed by atoms with E-state index in [1.54, 1.807) is 42.5 Å². The molecule has 3 heterocycles. The SMILES string of the molecule is CCc1ccc(C)c(CC)c1.O/N=C/c1ccc2c(c1)COC2c1ccc(F)cc1.O=Cc1ccc2c(c1)COC2c1ccc(F)cc1.OCc1ccc2c(c1)COC2c1ccc(F)cc1. The fourth-order valence-electron chi connectivity index (χ4n) is 8.23. The third-order valence-corrected chi connectivity index (χ3v) is 11.9. The van der Waals surface area contributed by atoms with Crippen LogP contribution >= 0.6 is 0 Å². The molecule has 10 rings (SSSR count). The lowest BCUT2D eigenvalue weighted by atomic mass is 9.98. The molecule has 0 bridgehead atoms. The first-order valence-electron chi connectivity index (χ1n) is 21.9. The predicted octanol–water partition coefficient (Wildman–Crippen LogP) is 12.6. The van der Waals surface area contributed by atoms with E-state index >= 15 is 0 Å². The zero-order chi connectivity index (χ0) is 46.6. The Balaban J connectivity index is 0.000000133. The lowest BCUT2D eigenvalue weighted by Crippen LogP contribution is -1.98. The Kier molecular flexibility index (Phi) is 16.1. The molecule has 7 aromatic rings. The summed E-state index contributed by atoms with van der Waals surface area (Å²) in [6.45, 7) is 8.15. The predicted molar refractivity (Wildman–Crippen MR) is 249 cm³/mol. The number of oxime groups is 1. The van der Waals surface area contributed by atoms with Gasteiger partial charge in [0, 0.05) is 5.56 Å². The van der Waals surface area contributed by atoms with Crippen LogP contribution in [0.4, 0.5) is 13.2 Å². The van der Waals surface area contributed by atoms with Crippen molar-refractivity contribution in [3.63, 3.8) is 0 Å². The lowest BCUT2D eigenvalue weighted by molar-refractivity contribution is 0.0938. The molecular formula is C56H52F3NO6. The molecule has 7 nitrogen and oxygen atoms in total. The van der Waals surface area contributed by atoms with Crippen LogP contribution in [0.5, 0.6) is 0 Å². The van der Waals surface area contributed by atoms with Gasteiger partial charge in [0.15, 0.2) is 0 Å². The van der Waals surface area contributed by atoms with Crippen molar-refractivity contribution in [3.05, 3.63) is 246 Å². The van der Waals surface area contributed by atoms with Crippen molar-refractivity contribution in [2.24, 2.45) is 5.16 Å². The second-order valence-electron chi connectivity index (χ2n) is 16.2. The molecule has 0 radical (unpaired) electrons. The molecule has 0 saturated heterocycles. The van der Waals surface area contributed by atoms with Crippen LogP contribution in [0.15, 0.2) is 151 Å². The molecule has 0 fully saturated rings. The van der Waals surface area contributed by atoms with Gasteiger partial charge in [-0.2, -0.15) is 0 Å². The summed E-state index contributed by atoms with van der Waals surface area (Å²) in [5.41, 5.74) is 15.9. The third-order valence-electron chi connectivity index (χ3n) is 11.9. The number of rotatable bonds is 8. The van der Waals surface area contributed by atoms with E-state index in [0.29, 0.717) is 25.4 Å². The monoisotopic (exact) mass is 891 g/mol. The Hall–Kier alpha value is -6.69. The normalized spacial score (nSPS) is 16.4. The Labute approximate surface area is 383 Å². The summed E-state index contributed by atoms with van der Waals surface area (Å²) in [5.74, 6) is -0.752. The van der Waals surface area contributed by atoms with Crippen molar-refractivity contribution in [2.75, 3.05) is 0 Å². The smallest absolute Gasteiger partial charge is 0.150 e. The number of halogens is 3. The topological polar surface area (TPSA) is 97.6 Å². The average molecular weight is 892 g/mol. The van der Waals surface area contributed by atoms with E-state index in [-0.39, 0.29) is 42.4 Å². The van der Waals surface area contributed by atoms with E-state index in [0.717, 1.165) is 80.3 Å². The quantitative estimate of drug-likeness (QED) is 0.0683. The minimum absolute atomic E-state index is 0.0362.